The Labute approximate surface area is 133 Å². The number of hydrogen-bond donors (Lipinski definition) is 0. The van der Waals surface area contributed by atoms with Gasteiger partial charge in [-0.1, -0.05) is 29.3 Å². The zero-order valence-electron chi connectivity index (χ0n) is 12.1. The summed E-state index contributed by atoms with van der Waals surface area (Å²) in [5.41, 5.74) is 5.92. The maximum absolute atomic E-state index is 6.28. The summed E-state index contributed by atoms with van der Waals surface area (Å²) in [6, 6.07) is 7.55. The Morgan fingerprint density at radius 2 is 1.71 bits per heavy atom. The number of rotatable bonds is 2. The molecule has 21 heavy (non-hydrogen) atoms. The second-order valence-electron chi connectivity index (χ2n) is 5.19. The van der Waals surface area contributed by atoms with Crippen molar-refractivity contribution in [1.82, 2.24) is 14.6 Å². The molecule has 3 nitrogen and oxygen atoms in total. The number of halogens is 2. The van der Waals surface area contributed by atoms with Crippen LogP contribution in [0.5, 0.6) is 0 Å². The normalized spacial score (nSPS) is 11.3. The van der Waals surface area contributed by atoms with Gasteiger partial charge < -0.3 is 0 Å². The van der Waals surface area contributed by atoms with E-state index in [0.717, 1.165) is 33.9 Å². The fourth-order valence-electron chi connectivity index (χ4n) is 2.58. The maximum Gasteiger partial charge on any atom is 0.155 e. The molecule has 108 valence electrons. The molecule has 3 rings (SSSR count). The third kappa shape index (κ3) is 2.52. The van der Waals surface area contributed by atoms with Crippen LogP contribution in [0.25, 0.3) is 5.65 Å². The van der Waals surface area contributed by atoms with Crippen molar-refractivity contribution in [2.75, 3.05) is 0 Å². The number of aryl methyl sites for hydroxylation is 3. The van der Waals surface area contributed by atoms with Crippen molar-refractivity contribution in [3.05, 3.63) is 62.5 Å². The predicted molar refractivity (Wildman–Crippen MR) is 86.5 cm³/mol. The molecule has 0 N–H and O–H groups in total. The van der Waals surface area contributed by atoms with Crippen molar-refractivity contribution in [3.8, 4) is 0 Å². The minimum absolute atomic E-state index is 0.651. The lowest BCUT2D eigenvalue weighted by Crippen LogP contribution is -2.06. The molecule has 0 aliphatic rings. The first-order valence-electron chi connectivity index (χ1n) is 6.72. The average molecular weight is 320 g/mol. The lowest BCUT2D eigenvalue weighted by atomic mass is 10.0. The second kappa shape index (κ2) is 5.32. The summed E-state index contributed by atoms with van der Waals surface area (Å²) in [6.45, 7) is 6.03. The molecule has 0 radical (unpaired) electrons. The van der Waals surface area contributed by atoms with E-state index in [-0.39, 0.29) is 0 Å². The van der Waals surface area contributed by atoms with Crippen LogP contribution in [-0.2, 0) is 6.42 Å². The Bertz CT molecular complexity index is 817. The van der Waals surface area contributed by atoms with Crippen LogP contribution in [-0.4, -0.2) is 14.6 Å². The fraction of sp³-hybridized carbons (Fsp3) is 0.250. The van der Waals surface area contributed by atoms with E-state index in [4.69, 9.17) is 23.2 Å². The van der Waals surface area contributed by atoms with Gasteiger partial charge in [-0.05, 0) is 44.0 Å². The van der Waals surface area contributed by atoms with Crippen LogP contribution in [0.1, 0.15) is 28.2 Å². The van der Waals surface area contributed by atoms with Crippen molar-refractivity contribution in [2.24, 2.45) is 0 Å². The molecule has 0 aliphatic carbocycles. The van der Waals surface area contributed by atoms with Gasteiger partial charge in [0.1, 0.15) is 0 Å². The molecule has 0 unspecified atom stereocenters. The molecule has 0 saturated carbocycles. The molecule has 0 atom stereocenters. The van der Waals surface area contributed by atoms with Crippen molar-refractivity contribution in [2.45, 2.75) is 27.2 Å². The standard InChI is InChI=1S/C16H15Cl2N3/c1-9-7-16-19-10(2)12(11(3)21(16)20-9)8-13-14(17)5-4-6-15(13)18/h4-7H,8H2,1-3H3. The molecule has 0 spiro atoms. The summed E-state index contributed by atoms with van der Waals surface area (Å²) >= 11 is 12.6. The van der Waals surface area contributed by atoms with E-state index in [9.17, 15) is 0 Å². The van der Waals surface area contributed by atoms with Gasteiger partial charge in [0.25, 0.3) is 0 Å². The van der Waals surface area contributed by atoms with Crippen LogP contribution in [0.3, 0.4) is 0 Å². The van der Waals surface area contributed by atoms with Crippen molar-refractivity contribution in [1.29, 1.82) is 0 Å². The Balaban J connectivity index is 2.16. The molecular formula is C16H15Cl2N3. The Hall–Kier alpha value is -1.58. The number of benzene rings is 1. The highest BCUT2D eigenvalue weighted by atomic mass is 35.5. The van der Waals surface area contributed by atoms with Crippen LogP contribution in [0.4, 0.5) is 0 Å². The first kappa shape index (κ1) is 14.4. The smallest absolute Gasteiger partial charge is 0.155 e. The summed E-state index contributed by atoms with van der Waals surface area (Å²) < 4.78 is 1.88. The summed E-state index contributed by atoms with van der Waals surface area (Å²) in [5, 5.41) is 5.85. The van der Waals surface area contributed by atoms with E-state index in [1.165, 1.54) is 0 Å². The van der Waals surface area contributed by atoms with Gasteiger partial charge in [0.2, 0.25) is 0 Å². The van der Waals surface area contributed by atoms with E-state index in [1.807, 2.05) is 49.6 Å². The van der Waals surface area contributed by atoms with Gasteiger partial charge in [0.05, 0.1) is 5.69 Å². The third-order valence-electron chi connectivity index (χ3n) is 3.70. The maximum atomic E-state index is 6.28. The molecule has 0 amide bonds. The molecule has 3 aromatic rings. The lowest BCUT2D eigenvalue weighted by Gasteiger charge is -2.13. The van der Waals surface area contributed by atoms with Gasteiger partial charge in [-0.25, -0.2) is 9.50 Å². The Morgan fingerprint density at radius 3 is 2.38 bits per heavy atom. The fourth-order valence-corrected chi connectivity index (χ4v) is 3.11. The van der Waals surface area contributed by atoms with Crippen LogP contribution in [0.2, 0.25) is 10.0 Å². The number of fused-ring (bicyclic) bond motifs is 1. The van der Waals surface area contributed by atoms with E-state index in [2.05, 4.69) is 10.1 Å². The van der Waals surface area contributed by atoms with E-state index < -0.39 is 0 Å². The van der Waals surface area contributed by atoms with Crippen molar-refractivity contribution in [3.63, 3.8) is 0 Å². The lowest BCUT2D eigenvalue weighted by molar-refractivity contribution is 0.844. The highest BCUT2D eigenvalue weighted by Crippen LogP contribution is 2.28. The Kier molecular flexibility index (Phi) is 3.64. The number of nitrogens with zero attached hydrogens (tertiary/aromatic N) is 3. The van der Waals surface area contributed by atoms with Gasteiger partial charge >= 0.3 is 0 Å². The number of aromatic nitrogens is 3. The topological polar surface area (TPSA) is 30.2 Å². The predicted octanol–water partition coefficient (Wildman–Crippen LogP) is 4.55. The van der Waals surface area contributed by atoms with Crippen LogP contribution < -0.4 is 0 Å². The summed E-state index contributed by atoms with van der Waals surface area (Å²) in [4.78, 5) is 4.63. The first-order valence-corrected chi connectivity index (χ1v) is 7.48. The molecule has 5 heteroatoms. The molecule has 0 fully saturated rings. The molecule has 0 saturated heterocycles. The van der Waals surface area contributed by atoms with Crippen LogP contribution >= 0.6 is 23.2 Å². The summed E-state index contributed by atoms with van der Waals surface area (Å²) in [5.74, 6) is 0. The molecular weight excluding hydrogens is 305 g/mol. The summed E-state index contributed by atoms with van der Waals surface area (Å²) in [7, 11) is 0. The minimum Gasteiger partial charge on any atom is -0.234 e. The summed E-state index contributed by atoms with van der Waals surface area (Å²) in [6.07, 6.45) is 0.651. The highest BCUT2D eigenvalue weighted by Gasteiger charge is 2.14. The van der Waals surface area contributed by atoms with Crippen molar-refractivity contribution >= 4 is 28.8 Å². The Morgan fingerprint density at radius 1 is 1.05 bits per heavy atom. The molecule has 2 aromatic heterocycles. The zero-order valence-corrected chi connectivity index (χ0v) is 13.6. The SMILES string of the molecule is Cc1cc2nc(C)c(Cc3c(Cl)cccc3Cl)c(C)n2n1. The van der Waals surface area contributed by atoms with Gasteiger partial charge in [0, 0.05) is 33.9 Å². The molecule has 2 heterocycles. The molecule has 1 aromatic carbocycles. The highest BCUT2D eigenvalue weighted by molar-refractivity contribution is 6.36. The molecule has 0 bridgehead atoms. The van der Waals surface area contributed by atoms with Gasteiger partial charge in [-0.15, -0.1) is 0 Å². The minimum atomic E-state index is 0.651. The average Bonchev–Trinajstić information content (AvgIpc) is 2.78. The quantitative estimate of drug-likeness (QED) is 0.693. The zero-order chi connectivity index (χ0) is 15.1. The van der Waals surface area contributed by atoms with Gasteiger partial charge in [-0.3, -0.25) is 0 Å². The van der Waals surface area contributed by atoms with Gasteiger partial charge in [-0.2, -0.15) is 5.10 Å². The van der Waals surface area contributed by atoms with E-state index in [0.29, 0.717) is 16.5 Å². The monoisotopic (exact) mass is 319 g/mol. The third-order valence-corrected chi connectivity index (χ3v) is 4.41. The van der Waals surface area contributed by atoms with Crippen LogP contribution in [0, 0.1) is 20.8 Å². The van der Waals surface area contributed by atoms with E-state index in [1.54, 1.807) is 0 Å². The molecule has 0 aliphatic heterocycles. The van der Waals surface area contributed by atoms with E-state index >= 15 is 0 Å². The van der Waals surface area contributed by atoms with Gasteiger partial charge in [0.15, 0.2) is 5.65 Å². The second-order valence-corrected chi connectivity index (χ2v) is 6.01. The largest absolute Gasteiger partial charge is 0.234 e. The van der Waals surface area contributed by atoms with Crippen molar-refractivity contribution < 1.29 is 0 Å². The van der Waals surface area contributed by atoms with Crippen LogP contribution in [0.15, 0.2) is 24.3 Å². The number of hydrogen-bond acceptors (Lipinski definition) is 2. The first-order chi connectivity index (χ1) is 9.97.